The molecule has 2 N–H and O–H groups in total. The Morgan fingerprint density at radius 1 is 1.16 bits per heavy atom. The van der Waals surface area contributed by atoms with Crippen molar-refractivity contribution in [3.63, 3.8) is 0 Å². The molecule has 2 aromatic carbocycles. The lowest BCUT2D eigenvalue weighted by Gasteiger charge is -2.29. The summed E-state index contributed by atoms with van der Waals surface area (Å²) in [5.74, 6) is -0.240. The quantitative estimate of drug-likeness (QED) is 0.887. The summed E-state index contributed by atoms with van der Waals surface area (Å²) in [6, 6.07) is 14.9. The van der Waals surface area contributed by atoms with Crippen LogP contribution in [0.15, 0.2) is 53.0 Å². The number of halogens is 2. The molecule has 0 amide bonds. The van der Waals surface area contributed by atoms with E-state index >= 15 is 0 Å². The van der Waals surface area contributed by atoms with Gasteiger partial charge in [0.25, 0.3) is 0 Å². The van der Waals surface area contributed by atoms with Gasteiger partial charge in [0, 0.05) is 10.0 Å². The monoisotopic (exact) mass is 321 g/mol. The summed E-state index contributed by atoms with van der Waals surface area (Å²) in [6.45, 7) is 2.06. The van der Waals surface area contributed by atoms with E-state index in [4.69, 9.17) is 5.73 Å². The van der Waals surface area contributed by atoms with Crippen LogP contribution in [0.2, 0.25) is 0 Å². The highest BCUT2D eigenvalue weighted by molar-refractivity contribution is 9.10. The molecule has 0 heterocycles. The molecule has 2 aromatic rings. The zero-order chi connectivity index (χ0) is 13.9. The third kappa shape index (κ3) is 3.43. The van der Waals surface area contributed by atoms with E-state index in [-0.39, 0.29) is 5.82 Å². The van der Waals surface area contributed by atoms with Gasteiger partial charge < -0.3 is 5.73 Å². The topological polar surface area (TPSA) is 26.0 Å². The molecular formula is C16H17BrFN. The first-order chi connectivity index (χ1) is 9.03. The molecule has 19 heavy (non-hydrogen) atoms. The Kier molecular flexibility index (Phi) is 4.38. The third-order valence-electron chi connectivity index (χ3n) is 3.42. The highest BCUT2D eigenvalue weighted by atomic mass is 79.9. The molecule has 0 aromatic heterocycles. The molecule has 100 valence electrons. The second-order valence-corrected chi connectivity index (χ2v) is 5.75. The minimum absolute atomic E-state index is 0.240. The average molecular weight is 322 g/mol. The van der Waals surface area contributed by atoms with E-state index in [9.17, 15) is 4.39 Å². The standard InChI is InChI=1S/C16H17BrFN/c1-2-16(19,13-6-4-3-5-7-13)11-12-8-14(17)10-15(18)9-12/h3-10H,2,11,19H2,1H3. The van der Waals surface area contributed by atoms with Gasteiger partial charge in [-0.3, -0.25) is 0 Å². The maximum atomic E-state index is 13.4. The summed E-state index contributed by atoms with van der Waals surface area (Å²) in [6.07, 6.45) is 1.41. The van der Waals surface area contributed by atoms with Crippen molar-refractivity contribution in [2.75, 3.05) is 0 Å². The molecule has 1 nitrogen and oxygen atoms in total. The fourth-order valence-electron chi connectivity index (χ4n) is 2.28. The van der Waals surface area contributed by atoms with Crippen LogP contribution in [-0.2, 0) is 12.0 Å². The van der Waals surface area contributed by atoms with Gasteiger partial charge in [0.15, 0.2) is 0 Å². The molecule has 0 spiro atoms. The molecular weight excluding hydrogens is 305 g/mol. The molecule has 0 saturated carbocycles. The molecule has 0 radical (unpaired) electrons. The van der Waals surface area contributed by atoms with Gasteiger partial charge in [-0.2, -0.15) is 0 Å². The van der Waals surface area contributed by atoms with Crippen molar-refractivity contribution in [1.29, 1.82) is 0 Å². The van der Waals surface area contributed by atoms with Gasteiger partial charge in [0.1, 0.15) is 5.82 Å². The lowest BCUT2D eigenvalue weighted by molar-refractivity contribution is 0.424. The van der Waals surface area contributed by atoms with Crippen LogP contribution in [0.25, 0.3) is 0 Å². The maximum absolute atomic E-state index is 13.4. The van der Waals surface area contributed by atoms with Crippen LogP contribution >= 0.6 is 15.9 Å². The van der Waals surface area contributed by atoms with Crippen molar-refractivity contribution in [3.05, 3.63) is 69.9 Å². The zero-order valence-electron chi connectivity index (χ0n) is 10.9. The molecule has 0 fully saturated rings. The fraction of sp³-hybridized carbons (Fsp3) is 0.250. The summed E-state index contributed by atoms with van der Waals surface area (Å²) < 4.78 is 14.2. The van der Waals surface area contributed by atoms with E-state index in [1.165, 1.54) is 6.07 Å². The van der Waals surface area contributed by atoms with Crippen molar-refractivity contribution < 1.29 is 4.39 Å². The second kappa shape index (κ2) is 5.85. The highest BCUT2D eigenvalue weighted by Gasteiger charge is 2.25. The van der Waals surface area contributed by atoms with Crippen LogP contribution in [0.1, 0.15) is 24.5 Å². The first-order valence-electron chi connectivity index (χ1n) is 6.33. The number of rotatable bonds is 4. The summed E-state index contributed by atoms with van der Waals surface area (Å²) in [7, 11) is 0. The summed E-state index contributed by atoms with van der Waals surface area (Å²) in [5.41, 5.74) is 8.03. The van der Waals surface area contributed by atoms with Crippen LogP contribution in [-0.4, -0.2) is 0 Å². The van der Waals surface area contributed by atoms with Crippen LogP contribution < -0.4 is 5.73 Å². The van der Waals surface area contributed by atoms with Gasteiger partial charge in [-0.15, -0.1) is 0 Å². The van der Waals surface area contributed by atoms with E-state index in [2.05, 4.69) is 22.9 Å². The van der Waals surface area contributed by atoms with Crippen molar-refractivity contribution >= 4 is 15.9 Å². The van der Waals surface area contributed by atoms with Crippen molar-refractivity contribution in [3.8, 4) is 0 Å². The maximum Gasteiger partial charge on any atom is 0.124 e. The number of hydrogen-bond donors (Lipinski definition) is 1. The van der Waals surface area contributed by atoms with E-state index in [0.717, 1.165) is 22.0 Å². The molecule has 1 unspecified atom stereocenters. The SMILES string of the molecule is CCC(N)(Cc1cc(F)cc(Br)c1)c1ccccc1. The summed E-state index contributed by atoms with van der Waals surface area (Å²) in [5, 5.41) is 0. The number of hydrogen-bond acceptors (Lipinski definition) is 1. The van der Waals surface area contributed by atoms with Crippen molar-refractivity contribution in [1.82, 2.24) is 0 Å². The molecule has 3 heteroatoms. The zero-order valence-corrected chi connectivity index (χ0v) is 12.5. The van der Waals surface area contributed by atoms with E-state index < -0.39 is 5.54 Å². The molecule has 2 rings (SSSR count). The number of benzene rings is 2. The van der Waals surface area contributed by atoms with Gasteiger partial charge in [0.2, 0.25) is 0 Å². The van der Waals surface area contributed by atoms with E-state index in [1.54, 1.807) is 6.07 Å². The normalized spacial score (nSPS) is 14.1. The lowest BCUT2D eigenvalue weighted by atomic mass is 9.82. The van der Waals surface area contributed by atoms with Gasteiger partial charge in [-0.1, -0.05) is 53.2 Å². The van der Waals surface area contributed by atoms with Crippen LogP contribution in [0, 0.1) is 5.82 Å². The minimum atomic E-state index is -0.464. The first-order valence-corrected chi connectivity index (χ1v) is 7.12. The lowest BCUT2D eigenvalue weighted by Crippen LogP contribution is -2.38. The highest BCUT2D eigenvalue weighted by Crippen LogP contribution is 2.28. The van der Waals surface area contributed by atoms with Crippen LogP contribution in [0.3, 0.4) is 0 Å². The van der Waals surface area contributed by atoms with E-state index in [0.29, 0.717) is 6.42 Å². The van der Waals surface area contributed by atoms with Crippen molar-refractivity contribution in [2.24, 2.45) is 5.73 Å². The fourth-order valence-corrected chi connectivity index (χ4v) is 2.79. The summed E-state index contributed by atoms with van der Waals surface area (Å²) in [4.78, 5) is 0. The Morgan fingerprint density at radius 3 is 2.42 bits per heavy atom. The molecule has 0 aliphatic rings. The van der Waals surface area contributed by atoms with Crippen LogP contribution in [0.4, 0.5) is 4.39 Å². The second-order valence-electron chi connectivity index (χ2n) is 4.83. The molecule has 0 aliphatic heterocycles. The van der Waals surface area contributed by atoms with Gasteiger partial charge >= 0.3 is 0 Å². The Bertz CT molecular complexity index is 536. The molecule has 0 saturated heterocycles. The number of nitrogens with two attached hydrogens (primary N) is 1. The minimum Gasteiger partial charge on any atom is -0.321 e. The molecule has 1 atom stereocenters. The van der Waals surface area contributed by atoms with Gasteiger partial charge in [0.05, 0.1) is 0 Å². The predicted molar refractivity (Wildman–Crippen MR) is 80.4 cm³/mol. The smallest absolute Gasteiger partial charge is 0.124 e. The van der Waals surface area contributed by atoms with Gasteiger partial charge in [-0.25, -0.2) is 4.39 Å². The third-order valence-corrected chi connectivity index (χ3v) is 3.88. The molecule has 0 bridgehead atoms. The largest absolute Gasteiger partial charge is 0.321 e. The van der Waals surface area contributed by atoms with Crippen LogP contribution in [0.5, 0.6) is 0 Å². The Hall–Kier alpha value is -1.19. The Balaban J connectivity index is 2.33. The first kappa shape index (κ1) is 14.2. The molecule has 0 aliphatic carbocycles. The van der Waals surface area contributed by atoms with Gasteiger partial charge in [-0.05, 0) is 42.2 Å². The summed E-state index contributed by atoms with van der Waals surface area (Å²) >= 11 is 3.32. The average Bonchev–Trinajstić information content (AvgIpc) is 2.38. The predicted octanol–water partition coefficient (Wildman–Crippen LogP) is 4.39. The Labute approximate surface area is 121 Å². The van der Waals surface area contributed by atoms with Crippen molar-refractivity contribution in [2.45, 2.75) is 25.3 Å². The van der Waals surface area contributed by atoms with E-state index in [1.807, 2.05) is 36.4 Å². The Morgan fingerprint density at radius 2 is 1.84 bits per heavy atom.